The van der Waals surface area contributed by atoms with Gasteiger partial charge >= 0.3 is 12.1 Å². The molecule has 0 radical (unpaired) electrons. The fraction of sp³-hybridized carbons (Fsp3) is 0.438. The highest BCUT2D eigenvalue weighted by molar-refractivity contribution is 5.87. The third-order valence-corrected chi connectivity index (χ3v) is 3.64. The maximum absolute atomic E-state index is 12.3. The summed E-state index contributed by atoms with van der Waals surface area (Å²) in [7, 11) is 0. The maximum Gasteiger partial charge on any atom is 0.410 e. The molecule has 1 aromatic rings. The van der Waals surface area contributed by atoms with Gasteiger partial charge in [0.05, 0.1) is 6.54 Å². The van der Waals surface area contributed by atoms with Gasteiger partial charge in [0.25, 0.3) is 0 Å². The SMILES string of the molecule is CC(=O)OCCN1C(=O)OC[C@H]1C(=O)NCc1ccc(CN)cc1. The summed E-state index contributed by atoms with van der Waals surface area (Å²) in [5.74, 6) is -0.754. The topological polar surface area (TPSA) is 111 Å². The molecule has 1 heterocycles. The number of nitrogens with one attached hydrogen (secondary N) is 1. The molecule has 0 unspecified atom stereocenters. The predicted molar refractivity (Wildman–Crippen MR) is 84.7 cm³/mol. The molecule has 1 aliphatic rings. The van der Waals surface area contributed by atoms with E-state index in [1.807, 2.05) is 24.3 Å². The molecule has 0 aliphatic carbocycles. The zero-order valence-electron chi connectivity index (χ0n) is 13.5. The van der Waals surface area contributed by atoms with Crippen LogP contribution in [-0.2, 0) is 32.2 Å². The molecule has 3 N–H and O–H groups in total. The van der Waals surface area contributed by atoms with E-state index in [1.54, 1.807) is 0 Å². The van der Waals surface area contributed by atoms with Crippen molar-refractivity contribution in [3.63, 3.8) is 0 Å². The number of carbonyl (C=O) groups excluding carboxylic acids is 3. The van der Waals surface area contributed by atoms with Gasteiger partial charge in [0.2, 0.25) is 5.91 Å². The lowest BCUT2D eigenvalue weighted by Crippen LogP contribution is -2.46. The molecule has 1 fully saturated rings. The number of benzene rings is 1. The second-order valence-electron chi connectivity index (χ2n) is 5.36. The van der Waals surface area contributed by atoms with E-state index in [0.29, 0.717) is 13.1 Å². The van der Waals surface area contributed by atoms with Crippen LogP contribution in [0.2, 0.25) is 0 Å². The van der Waals surface area contributed by atoms with E-state index in [9.17, 15) is 14.4 Å². The van der Waals surface area contributed by atoms with Crippen molar-refractivity contribution in [2.24, 2.45) is 5.73 Å². The molecule has 1 aromatic carbocycles. The fourth-order valence-electron chi connectivity index (χ4n) is 2.30. The van der Waals surface area contributed by atoms with E-state index in [0.717, 1.165) is 11.1 Å². The largest absolute Gasteiger partial charge is 0.464 e. The number of nitrogens with two attached hydrogens (primary N) is 1. The highest BCUT2D eigenvalue weighted by Crippen LogP contribution is 2.13. The summed E-state index contributed by atoms with van der Waals surface area (Å²) in [6, 6.07) is 6.84. The van der Waals surface area contributed by atoms with Gasteiger partial charge in [-0.3, -0.25) is 14.5 Å². The summed E-state index contributed by atoms with van der Waals surface area (Å²) in [5, 5.41) is 2.78. The van der Waals surface area contributed by atoms with Gasteiger partial charge in [-0.2, -0.15) is 0 Å². The molecular weight excluding hydrogens is 314 g/mol. The minimum absolute atomic E-state index is 0.0170. The second kappa shape index (κ2) is 8.30. The second-order valence-corrected chi connectivity index (χ2v) is 5.36. The first-order valence-electron chi connectivity index (χ1n) is 7.63. The zero-order valence-corrected chi connectivity index (χ0v) is 13.5. The number of hydrogen-bond donors (Lipinski definition) is 2. The average Bonchev–Trinajstić information content (AvgIpc) is 2.94. The lowest BCUT2D eigenvalue weighted by atomic mass is 10.1. The van der Waals surface area contributed by atoms with Gasteiger partial charge in [-0.15, -0.1) is 0 Å². The number of ether oxygens (including phenoxy) is 2. The van der Waals surface area contributed by atoms with Crippen molar-refractivity contribution >= 4 is 18.0 Å². The number of amides is 2. The van der Waals surface area contributed by atoms with Crippen LogP contribution in [0.4, 0.5) is 4.79 Å². The van der Waals surface area contributed by atoms with Crippen molar-refractivity contribution in [1.29, 1.82) is 0 Å². The van der Waals surface area contributed by atoms with Crippen LogP contribution in [0.5, 0.6) is 0 Å². The molecule has 0 spiro atoms. The van der Waals surface area contributed by atoms with Crippen molar-refractivity contribution in [1.82, 2.24) is 10.2 Å². The van der Waals surface area contributed by atoms with Crippen LogP contribution >= 0.6 is 0 Å². The Morgan fingerprint density at radius 2 is 2.00 bits per heavy atom. The molecule has 130 valence electrons. The van der Waals surface area contributed by atoms with Crippen LogP contribution in [0.15, 0.2) is 24.3 Å². The van der Waals surface area contributed by atoms with E-state index in [-0.39, 0.29) is 25.7 Å². The lowest BCUT2D eigenvalue weighted by Gasteiger charge is -2.20. The molecular formula is C16H21N3O5. The Kier molecular flexibility index (Phi) is 6.14. The van der Waals surface area contributed by atoms with Crippen molar-refractivity contribution in [2.45, 2.75) is 26.1 Å². The quantitative estimate of drug-likeness (QED) is 0.686. The molecule has 0 saturated carbocycles. The normalized spacial score (nSPS) is 16.7. The molecule has 2 amide bonds. The highest BCUT2D eigenvalue weighted by atomic mass is 16.6. The van der Waals surface area contributed by atoms with Crippen LogP contribution in [-0.4, -0.2) is 48.7 Å². The standard InChI is InChI=1S/C16H21N3O5/c1-11(20)23-7-6-19-14(10-24-16(19)22)15(21)18-9-13-4-2-12(8-17)3-5-13/h2-5,14H,6-10,17H2,1H3,(H,18,21)/t14-/m0/s1. The molecule has 8 heteroatoms. The van der Waals surface area contributed by atoms with Crippen molar-refractivity contribution < 1.29 is 23.9 Å². The van der Waals surface area contributed by atoms with Crippen molar-refractivity contribution in [3.05, 3.63) is 35.4 Å². The van der Waals surface area contributed by atoms with Gasteiger partial charge in [0.15, 0.2) is 0 Å². The summed E-state index contributed by atoms with van der Waals surface area (Å²) < 4.78 is 9.71. The predicted octanol–water partition coefficient (Wildman–Crippen LogP) is 0.145. The van der Waals surface area contributed by atoms with E-state index >= 15 is 0 Å². The molecule has 1 atom stereocenters. The van der Waals surface area contributed by atoms with Gasteiger partial charge in [-0.25, -0.2) is 4.79 Å². The van der Waals surface area contributed by atoms with E-state index < -0.39 is 18.1 Å². The van der Waals surface area contributed by atoms with E-state index in [2.05, 4.69) is 5.32 Å². The molecule has 8 nitrogen and oxygen atoms in total. The highest BCUT2D eigenvalue weighted by Gasteiger charge is 2.37. The van der Waals surface area contributed by atoms with Gasteiger partial charge in [-0.1, -0.05) is 24.3 Å². The monoisotopic (exact) mass is 335 g/mol. The molecule has 2 rings (SSSR count). The Morgan fingerprint density at radius 3 is 2.62 bits per heavy atom. The Hall–Kier alpha value is -2.61. The smallest absolute Gasteiger partial charge is 0.410 e. The summed E-state index contributed by atoms with van der Waals surface area (Å²) >= 11 is 0. The minimum Gasteiger partial charge on any atom is -0.464 e. The van der Waals surface area contributed by atoms with Crippen LogP contribution in [0, 0.1) is 0 Å². The summed E-state index contributed by atoms with van der Waals surface area (Å²) in [6.07, 6.45) is -0.588. The van der Waals surface area contributed by atoms with Crippen LogP contribution in [0.25, 0.3) is 0 Å². The molecule has 1 aliphatic heterocycles. The van der Waals surface area contributed by atoms with Gasteiger partial charge < -0.3 is 20.5 Å². The summed E-state index contributed by atoms with van der Waals surface area (Å²) in [6.45, 7) is 2.20. The molecule has 0 bridgehead atoms. The van der Waals surface area contributed by atoms with E-state index in [4.69, 9.17) is 15.2 Å². The van der Waals surface area contributed by atoms with Crippen LogP contribution in [0.1, 0.15) is 18.1 Å². The lowest BCUT2D eigenvalue weighted by molar-refractivity contribution is -0.141. The number of carbonyl (C=O) groups is 3. The van der Waals surface area contributed by atoms with Crippen molar-refractivity contribution in [2.75, 3.05) is 19.8 Å². The number of cyclic esters (lactones) is 1. The average molecular weight is 335 g/mol. The molecule has 1 saturated heterocycles. The molecule has 24 heavy (non-hydrogen) atoms. The van der Waals surface area contributed by atoms with Crippen LogP contribution in [0.3, 0.4) is 0 Å². The first-order valence-corrected chi connectivity index (χ1v) is 7.63. The first-order chi connectivity index (χ1) is 11.5. The third-order valence-electron chi connectivity index (χ3n) is 3.64. The Labute approximate surface area is 139 Å². The zero-order chi connectivity index (χ0) is 17.5. The van der Waals surface area contributed by atoms with E-state index in [1.165, 1.54) is 11.8 Å². The fourth-order valence-corrected chi connectivity index (χ4v) is 2.30. The first kappa shape index (κ1) is 17.7. The van der Waals surface area contributed by atoms with Gasteiger partial charge in [0, 0.05) is 20.0 Å². The van der Waals surface area contributed by atoms with Crippen LogP contribution < -0.4 is 11.1 Å². The Balaban J connectivity index is 1.87. The Bertz CT molecular complexity index is 602. The maximum atomic E-state index is 12.3. The summed E-state index contributed by atoms with van der Waals surface area (Å²) in [4.78, 5) is 36.0. The Morgan fingerprint density at radius 1 is 1.33 bits per heavy atom. The minimum atomic E-state index is -0.726. The van der Waals surface area contributed by atoms with Gasteiger partial charge in [-0.05, 0) is 11.1 Å². The number of esters is 1. The third kappa shape index (κ3) is 4.69. The number of nitrogens with zero attached hydrogens (tertiary/aromatic N) is 1. The number of rotatable bonds is 7. The molecule has 0 aromatic heterocycles. The number of hydrogen-bond acceptors (Lipinski definition) is 6. The van der Waals surface area contributed by atoms with Crippen molar-refractivity contribution in [3.8, 4) is 0 Å². The van der Waals surface area contributed by atoms with Gasteiger partial charge in [0.1, 0.15) is 19.3 Å². The summed E-state index contributed by atoms with van der Waals surface area (Å²) in [5.41, 5.74) is 7.48.